The Morgan fingerprint density at radius 2 is 2.24 bits per heavy atom. The average Bonchev–Trinajstić information content (AvgIpc) is 3.13. The fraction of sp³-hybridized carbons (Fsp3) is 0.333. The van der Waals surface area contributed by atoms with Gasteiger partial charge in [-0.1, -0.05) is 0 Å². The van der Waals surface area contributed by atoms with Gasteiger partial charge in [-0.15, -0.1) is 0 Å². The topological polar surface area (TPSA) is 59.1 Å². The Kier molecular flexibility index (Phi) is 2.16. The van der Waals surface area contributed by atoms with Crippen molar-refractivity contribution in [2.75, 3.05) is 25.2 Å². The lowest BCUT2D eigenvalue weighted by molar-refractivity contribution is -0.114. The van der Waals surface area contributed by atoms with E-state index in [0.29, 0.717) is 30.2 Å². The van der Waals surface area contributed by atoms with E-state index in [9.17, 15) is 9.59 Å². The Morgan fingerprint density at radius 1 is 1.47 bits per heavy atom. The zero-order valence-corrected chi connectivity index (χ0v) is 9.30. The number of ketones is 1. The van der Waals surface area contributed by atoms with E-state index in [2.05, 4.69) is 0 Å². The van der Waals surface area contributed by atoms with Crippen LogP contribution < -0.4 is 9.64 Å². The highest BCUT2D eigenvalue weighted by Crippen LogP contribution is 2.33. The standard InChI is InChI=1S/C12H11NO4/c1-16-7-2-3-9-10(4-7)13(5-8-6-17-8)12(15)11(9)14/h2-4,8H,5-6H2,1H3. The maximum absolute atomic E-state index is 11.8. The SMILES string of the molecule is COc1ccc2c(c1)N(CC1CO1)C(=O)C2=O. The molecule has 0 aliphatic carbocycles. The number of fused-ring (bicyclic) bond motifs is 1. The molecule has 3 rings (SSSR count). The molecular formula is C12H11NO4. The van der Waals surface area contributed by atoms with Crippen molar-refractivity contribution < 1.29 is 19.1 Å². The zero-order valence-electron chi connectivity index (χ0n) is 9.30. The summed E-state index contributed by atoms with van der Waals surface area (Å²) in [6.07, 6.45) is 0.0592. The molecule has 2 heterocycles. The van der Waals surface area contributed by atoms with Crippen LogP contribution in [0.1, 0.15) is 10.4 Å². The first kappa shape index (κ1) is 10.3. The van der Waals surface area contributed by atoms with Crippen LogP contribution in [0.5, 0.6) is 5.75 Å². The number of rotatable bonds is 3. The van der Waals surface area contributed by atoms with E-state index in [4.69, 9.17) is 9.47 Å². The third-order valence-corrected chi connectivity index (χ3v) is 2.97. The van der Waals surface area contributed by atoms with E-state index in [-0.39, 0.29) is 6.10 Å². The van der Waals surface area contributed by atoms with Crippen LogP contribution in [0.4, 0.5) is 5.69 Å². The minimum Gasteiger partial charge on any atom is -0.497 e. The van der Waals surface area contributed by atoms with Crippen molar-refractivity contribution in [2.24, 2.45) is 0 Å². The molecule has 1 saturated heterocycles. The summed E-state index contributed by atoms with van der Waals surface area (Å²) in [7, 11) is 1.55. The Labute approximate surface area is 97.9 Å². The van der Waals surface area contributed by atoms with Crippen molar-refractivity contribution in [1.82, 2.24) is 0 Å². The van der Waals surface area contributed by atoms with Gasteiger partial charge in [0.1, 0.15) is 5.75 Å². The summed E-state index contributed by atoms with van der Waals surface area (Å²) in [5, 5.41) is 0. The molecule has 0 aromatic heterocycles. The van der Waals surface area contributed by atoms with Gasteiger partial charge in [0.15, 0.2) is 0 Å². The molecule has 0 radical (unpaired) electrons. The van der Waals surface area contributed by atoms with Gasteiger partial charge in [-0.2, -0.15) is 0 Å². The quantitative estimate of drug-likeness (QED) is 0.567. The summed E-state index contributed by atoms with van der Waals surface area (Å²) in [6, 6.07) is 5.02. The molecule has 2 aliphatic heterocycles. The maximum atomic E-state index is 11.8. The van der Waals surface area contributed by atoms with Crippen molar-refractivity contribution in [1.29, 1.82) is 0 Å². The molecular weight excluding hydrogens is 222 g/mol. The van der Waals surface area contributed by atoms with E-state index in [0.717, 1.165) is 0 Å². The van der Waals surface area contributed by atoms with Crippen molar-refractivity contribution in [3.8, 4) is 5.75 Å². The van der Waals surface area contributed by atoms with Crippen molar-refractivity contribution in [3.05, 3.63) is 23.8 Å². The van der Waals surface area contributed by atoms with Crippen LogP contribution in [0, 0.1) is 0 Å². The van der Waals surface area contributed by atoms with E-state index < -0.39 is 11.7 Å². The molecule has 0 saturated carbocycles. The highest BCUT2D eigenvalue weighted by atomic mass is 16.6. The second-order valence-electron chi connectivity index (χ2n) is 4.08. The molecule has 2 aliphatic rings. The molecule has 0 N–H and O–H groups in total. The highest BCUT2D eigenvalue weighted by molar-refractivity contribution is 6.52. The van der Waals surface area contributed by atoms with E-state index >= 15 is 0 Å². The third-order valence-electron chi connectivity index (χ3n) is 2.97. The van der Waals surface area contributed by atoms with Crippen LogP contribution in [-0.2, 0) is 9.53 Å². The molecule has 1 fully saturated rings. The van der Waals surface area contributed by atoms with Gasteiger partial charge >= 0.3 is 0 Å². The first-order chi connectivity index (χ1) is 8.20. The Morgan fingerprint density at radius 3 is 2.88 bits per heavy atom. The lowest BCUT2D eigenvalue weighted by atomic mass is 10.1. The molecule has 1 amide bonds. The molecule has 1 aromatic rings. The summed E-state index contributed by atoms with van der Waals surface area (Å²) >= 11 is 0. The van der Waals surface area contributed by atoms with Crippen LogP contribution in [0.15, 0.2) is 18.2 Å². The maximum Gasteiger partial charge on any atom is 0.299 e. The predicted molar refractivity (Wildman–Crippen MR) is 59.4 cm³/mol. The van der Waals surface area contributed by atoms with Crippen LogP contribution in [0.2, 0.25) is 0 Å². The van der Waals surface area contributed by atoms with Gasteiger partial charge in [-0.3, -0.25) is 9.59 Å². The summed E-state index contributed by atoms with van der Waals surface area (Å²) in [5.74, 6) is -0.306. The number of hydrogen-bond acceptors (Lipinski definition) is 4. The van der Waals surface area contributed by atoms with Crippen molar-refractivity contribution in [2.45, 2.75) is 6.10 Å². The van der Waals surface area contributed by atoms with Gasteiger partial charge < -0.3 is 14.4 Å². The van der Waals surface area contributed by atoms with Crippen LogP contribution in [0.25, 0.3) is 0 Å². The Hall–Kier alpha value is -1.88. The van der Waals surface area contributed by atoms with Gasteiger partial charge in [-0.05, 0) is 12.1 Å². The first-order valence-electron chi connectivity index (χ1n) is 5.36. The molecule has 1 atom stereocenters. The normalized spacial score (nSPS) is 21.7. The number of hydrogen-bond donors (Lipinski definition) is 0. The van der Waals surface area contributed by atoms with Crippen molar-refractivity contribution in [3.63, 3.8) is 0 Å². The average molecular weight is 233 g/mol. The molecule has 17 heavy (non-hydrogen) atoms. The van der Waals surface area contributed by atoms with Crippen LogP contribution in [0.3, 0.4) is 0 Å². The number of ether oxygens (including phenoxy) is 2. The zero-order chi connectivity index (χ0) is 12.0. The summed E-state index contributed by atoms with van der Waals surface area (Å²) in [5.41, 5.74) is 1.06. The fourth-order valence-electron chi connectivity index (χ4n) is 1.96. The smallest absolute Gasteiger partial charge is 0.299 e. The monoisotopic (exact) mass is 233 g/mol. The van der Waals surface area contributed by atoms with E-state index in [1.165, 1.54) is 4.90 Å². The molecule has 5 nitrogen and oxygen atoms in total. The molecule has 0 spiro atoms. The number of anilines is 1. The summed E-state index contributed by atoms with van der Waals surface area (Å²) in [6.45, 7) is 1.09. The van der Waals surface area contributed by atoms with Gasteiger partial charge in [0.25, 0.3) is 11.7 Å². The van der Waals surface area contributed by atoms with Crippen LogP contribution >= 0.6 is 0 Å². The number of nitrogens with zero attached hydrogens (tertiary/aromatic N) is 1. The largest absolute Gasteiger partial charge is 0.497 e. The molecule has 5 heteroatoms. The minimum atomic E-state index is -0.483. The second-order valence-corrected chi connectivity index (χ2v) is 4.08. The van der Waals surface area contributed by atoms with Crippen molar-refractivity contribution >= 4 is 17.4 Å². The van der Waals surface area contributed by atoms with Gasteiger partial charge in [0.2, 0.25) is 0 Å². The number of carbonyl (C=O) groups is 2. The van der Waals surface area contributed by atoms with Crippen LogP contribution in [-0.4, -0.2) is 38.1 Å². The summed E-state index contributed by atoms with van der Waals surface area (Å²) < 4.78 is 10.2. The first-order valence-corrected chi connectivity index (χ1v) is 5.36. The second kappa shape index (κ2) is 3.56. The molecule has 1 aromatic carbocycles. The number of methoxy groups -OCH3 is 1. The Bertz CT molecular complexity index is 507. The number of epoxide rings is 1. The van der Waals surface area contributed by atoms with E-state index in [1.54, 1.807) is 25.3 Å². The number of benzene rings is 1. The number of Topliss-reactive ketones (excluding diaryl/α,β-unsaturated/α-hetero) is 1. The lowest BCUT2D eigenvalue weighted by Crippen LogP contribution is -2.33. The molecule has 0 bridgehead atoms. The molecule has 88 valence electrons. The van der Waals surface area contributed by atoms with Gasteiger partial charge in [0.05, 0.1) is 37.6 Å². The highest BCUT2D eigenvalue weighted by Gasteiger charge is 2.39. The lowest BCUT2D eigenvalue weighted by Gasteiger charge is -2.15. The van der Waals surface area contributed by atoms with Gasteiger partial charge in [0, 0.05) is 6.07 Å². The minimum absolute atomic E-state index is 0.0592. The van der Waals surface area contributed by atoms with Gasteiger partial charge in [-0.25, -0.2) is 0 Å². The predicted octanol–water partition coefficient (Wildman–Crippen LogP) is 0.623. The fourth-order valence-corrected chi connectivity index (χ4v) is 1.96. The Balaban J connectivity index is 2.01. The van der Waals surface area contributed by atoms with E-state index in [1.807, 2.05) is 0 Å². The number of amides is 1. The number of carbonyl (C=O) groups excluding carboxylic acids is 2. The summed E-state index contributed by atoms with van der Waals surface area (Å²) in [4.78, 5) is 25.0. The molecule has 1 unspecified atom stereocenters. The third kappa shape index (κ3) is 1.59.